The quantitative estimate of drug-likeness (QED) is 0.617. The molecule has 0 bridgehead atoms. The van der Waals surface area contributed by atoms with Gasteiger partial charge < -0.3 is 20.3 Å². The summed E-state index contributed by atoms with van der Waals surface area (Å²) in [5.41, 5.74) is 6.03. The van der Waals surface area contributed by atoms with Gasteiger partial charge in [0.25, 0.3) is 0 Å². The Morgan fingerprint density at radius 2 is 2.53 bits per heavy atom. The van der Waals surface area contributed by atoms with Gasteiger partial charge in [0.15, 0.2) is 5.15 Å². The third-order valence-corrected chi connectivity index (χ3v) is 3.27. The van der Waals surface area contributed by atoms with Crippen LogP contribution >= 0.6 is 11.6 Å². The van der Waals surface area contributed by atoms with Gasteiger partial charge in [0, 0.05) is 12.1 Å². The first kappa shape index (κ1) is 12.5. The number of ether oxygens (including phenoxy) is 1. The van der Waals surface area contributed by atoms with E-state index >= 15 is 0 Å². The van der Waals surface area contributed by atoms with E-state index in [1.807, 2.05) is 4.81 Å². The minimum atomic E-state index is -0.425. The molecule has 1 fully saturated rings. The number of anilines is 1. The predicted octanol–water partition coefficient (Wildman–Crippen LogP) is 0.881. The summed E-state index contributed by atoms with van der Waals surface area (Å²) in [5.74, 6) is 0.601. The zero-order chi connectivity index (χ0) is 12.4. The molecule has 0 aliphatic carbocycles. The maximum absolute atomic E-state index is 9.44. The minimum absolute atomic E-state index is 0.256. The molecule has 0 saturated carbocycles. The molecule has 0 aromatic carbocycles. The molecule has 17 heavy (non-hydrogen) atoms. The van der Waals surface area contributed by atoms with Crippen LogP contribution in [-0.2, 0) is 0 Å². The summed E-state index contributed by atoms with van der Waals surface area (Å²) < 4.78 is 5.57. The molecule has 5 nitrogen and oxygen atoms in total. The van der Waals surface area contributed by atoms with E-state index in [9.17, 15) is 5.02 Å². The Bertz CT molecular complexity index is 405. The van der Waals surface area contributed by atoms with Gasteiger partial charge in [-0.2, -0.15) is 0 Å². The molecule has 1 saturated heterocycles. The normalized spacial score (nSPS) is 19.8. The molecule has 1 atom stereocenters. The van der Waals surface area contributed by atoms with E-state index in [4.69, 9.17) is 22.1 Å². The molecule has 2 heterocycles. The van der Waals surface area contributed by atoms with Crippen molar-refractivity contribution in [2.75, 3.05) is 18.9 Å². The fourth-order valence-corrected chi connectivity index (χ4v) is 1.95. The van der Waals surface area contributed by atoms with E-state index in [0.717, 1.165) is 13.0 Å². The van der Waals surface area contributed by atoms with E-state index in [-0.39, 0.29) is 11.2 Å². The molecule has 1 aromatic heterocycles. The van der Waals surface area contributed by atoms with E-state index in [0.29, 0.717) is 18.0 Å². The van der Waals surface area contributed by atoms with Crippen LogP contribution in [0.1, 0.15) is 6.42 Å². The van der Waals surface area contributed by atoms with Crippen molar-refractivity contribution in [1.82, 2.24) is 9.79 Å². The Hall–Kier alpha value is -0.975. The van der Waals surface area contributed by atoms with Gasteiger partial charge in [0.2, 0.25) is 0 Å². The summed E-state index contributed by atoms with van der Waals surface area (Å²) in [6, 6.07) is 1.91. The first-order valence-electron chi connectivity index (χ1n) is 5.55. The lowest BCUT2D eigenvalue weighted by Gasteiger charge is -2.41. The molecule has 1 aliphatic heterocycles. The predicted molar refractivity (Wildman–Crippen MR) is 68.1 cm³/mol. The Morgan fingerprint density at radius 1 is 1.76 bits per heavy atom. The summed E-state index contributed by atoms with van der Waals surface area (Å²) in [5, 5.41) is 9.72. The fraction of sp³-hybridized carbons (Fsp3) is 0.500. The topological polar surface area (TPSA) is 71.6 Å². The van der Waals surface area contributed by atoms with Gasteiger partial charge >= 0.3 is 7.05 Å². The smallest absolute Gasteiger partial charge is 0.376 e. The number of nitrogen functional groups attached to an aromatic ring is 1. The molecule has 0 unspecified atom stereocenters. The SMILES string of the molecule is CB(O)N1CC[C@@H]1COc1cnc(Cl)c(N)c1. The second-order valence-corrected chi connectivity index (χ2v) is 4.53. The zero-order valence-electron chi connectivity index (χ0n) is 9.64. The van der Waals surface area contributed by atoms with Crippen LogP contribution in [0.2, 0.25) is 12.0 Å². The van der Waals surface area contributed by atoms with E-state index < -0.39 is 7.05 Å². The van der Waals surface area contributed by atoms with Crippen molar-refractivity contribution >= 4 is 24.3 Å². The van der Waals surface area contributed by atoms with Crippen molar-refractivity contribution < 1.29 is 9.76 Å². The van der Waals surface area contributed by atoms with Crippen LogP contribution < -0.4 is 10.5 Å². The number of nitrogens with two attached hydrogens (primary N) is 1. The third-order valence-electron chi connectivity index (χ3n) is 2.95. The molecule has 92 valence electrons. The van der Waals surface area contributed by atoms with E-state index in [1.54, 1.807) is 19.1 Å². The van der Waals surface area contributed by atoms with Gasteiger partial charge in [-0.3, -0.25) is 0 Å². The van der Waals surface area contributed by atoms with Crippen molar-refractivity contribution in [2.24, 2.45) is 0 Å². The molecule has 0 spiro atoms. The molecule has 1 aromatic rings. The highest BCUT2D eigenvalue weighted by molar-refractivity contribution is 6.45. The highest BCUT2D eigenvalue weighted by Crippen LogP contribution is 2.23. The highest BCUT2D eigenvalue weighted by atomic mass is 35.5. The largest absolute Gasteiger partial charge is 0.490 e. The molecular weight excluding hydrogens is 240 g/mol. The van der Waals surface area contributed by atoms with Gasteiger partial charge in [0.05, 0.1) is 11.9 Å². The van der Waals surface area contributed by atoms with Crippen LogP contribution in [0, 0.1) is 0 Å². The van der Waals surface area contributed by atoms with E-state index in [2.05, 4.69) is 4.98 Å². The highest BCUT2D eigenvalue weighted by Gasteiger charge is 2.33. The number of nitrogens with zero attached hydrogens (tertiary/aromatic N) is 2. The first-order chi connectivity index (χ1) is 8.08. The summed E-state index contributed by atoms with van der Waals surface area (Å²) in [4.78, 5) is 5.89. The summed E-state index contributed by atoms with van der Waals surface area (Å²) in [7, 11) is -0.425. The summed E-state index contributed by atoms with van der Waals surface area (Å²) in [6.45, 7) is 3.19. The third kappa shape index (κ3) is 2.83. The van der Waals surface area contributed by atoms with Crippen LogP contribution in [0.15, 0.2) is 12.3 Å². The maximum atomic E-state index is 9.44. The van der Waals surface area contributed by atoms with Gasteiger partial charge in [-0.1, -0.05) is 11.6 Å². The lowest BCUT2D eigenvalue weighted by atomic mass is 9.78. The summed E-state index contributed by atoms with van der Waals surface area (Å²) in [6.07, 6.45) is 2.57. The first-order valence-corrected chi connectivity index (χ1v) is 5.93. The molecule has 0 amide bonds. The van der Waals surface area contributed by atoms with Crippen molar-refractivity contribution in [2.45, 2.75) is 19.3 Å². The van der Waals surface area contributed by atoms with Crippen molar-refractivity contribution in [3.63, 3.8) is 0 Å². The van der Waals surface area contributed by atoms with E-state index in [1.165, 1.54) is 0 Å². The van der Waals surface area contributed by atoms with Crippen LogP contribution in [0.5, 0.6) is 5.75 Å². The Morgan fingerprint density at radius 3 is 3.06 bits per heavy atom. The van der Waals surface area contributed by atoms with Crippen molar-refractivity contribution in [3.8, 4) is 5.75 Å². The average Bonchev–Trinajstić information content (AvgIpc) is 2.21. The lowest BCUT2D eigenvalue weighted by Crippen LogP contribution is -2.57. The fourth-order valence-electron chi connectivity index (χ4n) is 1.85. The Kier molecular flexibility index (Phi) is 3.76. The number of rotatable bonds is 4. The Labute approximate surface area is 106 Å². The van der Waals surface area contributed by atoms with Crippen molar-refractivity contribution in [3.05, 3.63) is 17.4 Å². The second-order valence-electron chi connectivity index (χ2n) is 4.17. The zero-order valence-corrected chi connectivity index (χ0v) is 10.4. The number of pyridine rings is 1. The van der Waals surface area contributed by atoms with Gasteiger partial charge in [-0.25, -0.2) is 4.98 Å². The van der Waals surface area contributed by atoms with Crippen LogP contribution in [0.4, 0.5) is 5.69 Å². The molecule has 7 heteroatoms. The standard InChI is InChI=1S/C10H15BClN3O2/c1-11(16)15-3-2-7(15)6-17-8-4-9(13)10(12)14-5-8/h4-5,7,16H,2-3,6,13H2,1H3/t7-/m1/s1. The van der Waals surface area contributed by atoms with Crippen LogP contribution in [0.3, 0.4) is 0 Å². The van der Waals surface area contributed by atoms with Gasteiger partial charge in [-0.15, -0.1) is 0 Å². The average molecular weight is 256 g/mol. The van der Waals surface area contributed by atoms with Gasteiger partial charge in [-0.05, 0) is 19.8 Å². The molecule has 1 aliphatic rings. The lowest BCUT2D eigenvalue weighted by molar-refractivity contribution is 0.110. The van der Waals surface area contributed by atoms with Crippen molar-refractivity contribution in [1.29, 1.82) is 0 Å². The summed E-state index contributed by atoms with van der Waals surface area (Å²) >= 11 is 5.71. The van der Waals surface area contributed by atoms with Crippen LogP contribution in [-0.4, -0.2) is 41.1 Å². The van der Waals surface area contributed by atoms with Crippen LogP contribution in [0.25, 0.3) is 0 Å². The molecular formula is C10H15BClN3O2. The monoisotopic (exact) mass is 255 g/mol. The van der Waals surface area contributed by atoms with Gasteiger partial charge in [0.1, 0.15) is 12.4 Å². The number of hydrogen-bond donors (Lipinski definition) is 2. The number of halogens is 1. The molecule has 0 radical (unpaired) electrons. The number of hydrogen-bond acceptors (Lipinski definition) is 5. The molecule has 3 N–H and O–H groups in total. The second kappa shape index (κ2) is 5.12. The maximum Gasteiger partial charge on any atom is 0.376 e. The number of aromatic nitrogens is 1. The minimum Gasteiger partial charge on any atom is -0.490 e. The Balaban J connectivity index is 1.88. The molecule has 2 rings (SSSR count).